The normalized spacial score (nSPS) is 10.9. The predicted molar refractivity (Wildman–Crippen MR) is 76.1 cm³/mol. The van der Waals surface area contributed by atoms with Crippen LogP contribution in [0.3, 0.4) is 0 Å². The number of rotatable bonds is 5. The topological polar surface area (TPSA) is 34.2 Å². The van der Waals surface area contributed by atoms with Crippen molar-refractivity contribution < 1.29 is 4.74 Å². The van der Waals surface area contributed by atoms with Crippen molar-refractivity contribution in [3.05, 3.63) is 35.3 Å². The lowest BCUT2D eigenvalue weighted by molar-refractivity contribution is 0.242. The zero-order valence-corrected chi connectivity index (χ0v) is 11.8. The quantitative estimate of drug-likeness (QED) is 0.897. The molecule has 18 heavy (non-hydrogen) atoms. The van der Waals surface area contributed by atoms with Gasteiger partial charge in [0.15, 0.2) is 0 Å². The Bertz CT molecular complexity index is 508. The molecule has 3 nitrogen and oxygen atoms in total. The average molecular weight is 262 g/mol. The molecule has 2 rings (SSSR count). The van der Waals surface area contributed by atoms with Gasteiger partial charge in [0.05, 0.1) is 6.10 Å². The number of benzene rings is 1. The second-order valence-corrected chi connectivity index (χ2v) is 5.47. The van der Waals surface area contributed by atoms with E-state index in [0.717, 1.165) is 22.9 Å². The van der Waals surface area contributed by atoms with E-state index in [-0.39, 0.29) is 6.10 Å². The molecule has 0 aliphatic heterocycles. The van der Waals surface area contributed by atoms with Crippen LogP contribution < -0.4 is 10.1 Å². The van der Waals surface area contributed by atoms with Crippen molar-refractivity contribution in [2.75, 3.05) is 7.05 Å². The van der Waals surface area contributed by atoms with E-state index in [4.69, 9.17) is 4.74 Å². The van der Waals surface area contributed by atoms with Crippen LogP contribution in [0.4, 0.5) is 0 Å². The van der Waals surface area contributed by atoms with Gasteiger partial charge in [0, 0.05) is 23.2 Å². The molecule has 0 spiro atoms. The second-order valence-electron chi connectivity index (χ2n) is 4.36. The second kappa shape index (κ2) is 5.98. The van der Waals surface area contributed by atoms with Gasteiger partial charge in [-0.15, -0.1) is 11.3 Å². The molecule has 1 aromatic carbocycles. The molecule has 0 aliphatic rings. The van der Waals surface area contributed by atoms with Crippen LogP contribution in [0.15, 0.2) is 30.5 Å². The summed E-state index contributed by atoms with van der Waals surface area (Å²) in [5, 5.41) is 4.17. The molecule has 0 bridgehead atoms. The largest absolute Gasteiger partial charge is 0.491 e. The van der Waals surface area contributed by atoms with E-state index < -0.39 is 0 Å². The summed E-state index contributed by atoms with van der Waals surface area (Å²) in [7, 11) is 1.94. The fourth-order valence-corrected chi connectivity index (χ4v) is 2.59. The minimum absolute atomic E-state index is 0.191. The lowest BCUT2D eigenvalue weighted by atomic mass is 10.2. The van der Waals surface area contributed by atoms with Crippen LogP contribution in [0.1, 0.15) is 18.7 Å². The highest BCUT2D eigenvalue weighted by Gasteiger charge is 2.06. The van der Waals surface area contributed by atoms with Gasteiger partial charge >= 0.3 is 0 Å². The van der Waals surface area contributed by atoms with Crippen LogP contribution in [-0.4, -0.2) is 18.1 Å². The molecular weight excluding hydrogens is 244 g/mol. The first kappa shape index (κ1) is 13.1. The van der Waals surface area contributed by atoms with Crippen molar-refractivity contribution in [3.63, 3.8) is 0 Å². The van der Waals surface area contributed by atoms with Crippen LogP contribution >= 0.6 is 11.3 Å². The van der Waals surface area contributed by atoms with Crippen molar-refractivity contribution in [1.82, 2.24) is 10.3 Å². The Hall–Kier alpha value is -1.39. The zero-order chi connectivity index (χ0) is 13.0. The number of nitrogens with zero attached hydrogens (tertiary/aromatic N) is 1. The molecule has 96 valence electrons. The maximum Gasteiger partial charge on any atom is 0.123 e. The van der Waals surface area contributed by atoms with Crippen molar-refractivity contribution in [2.45, 2.75) is 26.5 Å². The van der Waals surface area contributed by atoms with E-state index in [2.05, 4.69) is 16.4 Å². The Morgan fingerprint density at radius 3 is 2.94 bits per heavy atom. The van der Waals surface area contributed by atoms with E-state index in [0.29, 0.717) is 0 Å². The van der Waals surface area contributed by atoms with Crippen LogP contribution in [0.2, 0.25) is 0 Å². The van der Waals surface area contributed by atoms with Gasteiger partial charge in [0.2, 0.25) is 0 Å². The van der Waals surface area contributed by atoms with E-state index in [9.17, 15) is 0 Å². The molecule has 0 fully saturated rings. The standard InChI is InChI=1S/C14H18N2OS/c1-10(2)17-12-6-4-5-11(7-12)14-16-9-13(18-14)8-15-3/h4-7,9-10,15H,8H2,1-3H3. The van der Waals surface area contributed by atoms with Crippen molar-refractivity contribution >= 4 is 11.3 Å². The lowest BCUT2D eigenvalue weighted by Crippen LogP contribution is -2.05. The van der Waals surface area contributed by atoms with Gasteiger partial charge in [-0.2, -0.15) is 0 Å². The Morgan fingerprint density at radius 1 is 1.39 bits per heavy atom. The van der Waals surface area contributed by atoms with Crippen molar-refractivity contribution in [1.29, 1.82) is 0 Å². The van der Waals surface area contributed by atoms with Gasteiger partial charge in [-0.3, -0.25) is 0 Å². The van der Waals surface area contributed by atoms with Crippen LogP contribution in [-0.2, 0) is 6.54 Å². The van der Waals surface area contributed by atoms with Crippen LogP contribution in [0, 0.1) is 0 Å². The number of aromatic nitrogens is 1. The maximum absolute atomic E-state index is 5.70. The van der Waals surface area contributed by atoms with E-state index in [1.54, 1.807) is 11.3 Å². The fourth-order valence-electron chi connectivity index (χ4n) is 1.67. The van der Waals surface area contributed by atoms with Gasteiger partial charge in [-0.25, -0.2) is 4.98 Å². The maximum atomic E-state index is 5.70. The summed E-state index contributed by atoms with van der Waals surface area (Å²) >= 11 is 1.71. The van der Waals surface area contributed by atoms with Crippen molar-refractivity contribution in [3.8, 4) is 16.3 Å². The molecule has 1 heterocycles. The Morgan fingerprint density at radius 2 is 2.22 bits per heavy atom. The molecular formula is C14H18N2OS. The minimum atomic E-state index is 0.191. The molecule has 0 unspecified atom stereocenters. The van der Waals surface area contributed by atoms with E-state index in [1.807, 2.05) is 45.3 Å². The van der Waals surface area contributed by atoms with Gasteiger partial charge in [-0.05, 0) is 33.0 Å². The predicted octanol–water partition coefficient (Wildman–Crippen LogP) is 3.32. The number of nitrogens with one attached hydrogen (secondary N) is 1. The average Bonchev–Trinajstić information content (AvgIpc) is 2.78. The minimum Gasteiger partial charge on any atom is -0.491 e. The highest BCUT2D eigenvalue weighted by atomic mass is 32.1. The molecule has 2 aromatic rings. The molecule has 0 saturated carbocycles. The summed E-state index contributed by atoms with van der Waals surface area (Å²) < 4.78 is 5.70. The number of hydrogen-bond acceptors (Lipinski definition) is 4. The third kappa shape index (κ3) is 3.31. The molecule has 4 heteroatoms. The molecule has 1 aromatic heterocycles. The van der Waals surface area contributed by atoms with E-state index >= 15 is 0 Å². The van der Waals surface area contributed by atoms with Gasteiger partial charge in [0.1, 0.15) is 10.8 Å². The number of ether oxygens (including phenoxy) is 1. The van der Waals surface area contributed by atoms with Crippen molar-refractivity contribution in [2.24, 2.45) is 0 Å². The third-order valence-electron chi connectivity index (χ3n) is 2.36. The summed E-state index contributed by atoms with van der Waals surface area (Å²) in [5.74, 6) is 0.896. The first-order valence-corrected chi connectivity index (χ1v) is 6.87. The molecule has 0 saturated heterocycles. The highest BCUT2D eigenvalue weighted by molar-refractivity contribution is 7.15. The Balaban J connectivity index is 2.21. The zero-order valence-electron chi connectivity index (χ0n) is 10.9. The molecule has 0 amide bonds. The SMILES string of the molecule is CNCc1cnc(-c2cccc(OC(C)C)c2)s1. The molecule has 0 aliphatic carbocycles. The van der Waals surface area contributed by atoms with E-state index in [1.165, 1.54) is 4.88 Å². The van der Waals surface area contributed by atoms with Crippen LogP contribution in [0.5, 0.6) is 5.75 Å². The Labute approximate surface area is 112 Å². The first-order valence-electron chi connectivity index (χ1n) is 6.05. The van der Waals surface area contributed by atoms with Gasteiger partial charge in [-0.1, -0.05) is 12.1 Å². The van der Waals surface area contributed by atoms with Gasteiger partial charge in [0.25, 0.3) is 0 Å². The monoisotopic (exact) mass is 262 g/mol. The number of hydrogen-bond donors (Lipinski definition) is 1. The third-order valence-corrected chi connectivity index (χ3v) is 3.40. The summed E-state index contributed by atoms with van der Waals surface area (Å²) in [6.07, 6.45) is 2.11. The Kier molecular flexibility index (Phi) is 4.33. The van der Waals surface area contributed by atoms with Crippen LogP contribution in [0.25, 0.3) is 10.6 Å². The highest BCUT2D eigenvalue weighted by Crippen LogP contribution is 2.28. The number of thiazole rings is 1. The first-order chi connectivity index (χ1) is 8.69. The smallest absolute Gasteiger partial charge is 0.123 e. The fraction of sp³-hybridized carbons (Fsp3) is 0.357. The lowest BCUT2D eigenvalue weighted by Gasteiger charge is -2.09. The summed E-state index contributed by atoms with van der Waals surface area (Å²) in [5.41, 5.74) is 1.11. The molecule has 0 radical (unpaired) electrons. The summed E-state index contributed by atoms with van der Waals surface area (Å²) in [6.45, 7) is 4.92. The summed E-state index contributed by atoms with van der Waals surface area (Å²) in [6, 6.07) is 8.09. The molecule has 1 N–H and O–H groups in total. The molecule has 0 atom stereocenters. The van der Waals surface area contributed by atoms with Gasteiger partial charge < -0.3 is 10.1 Å². The summed E-state index contributed by atoms with van der Waals surface area (Å²) in [4.78, 5) is 5.69.